The summed E-state index contributed by atoms with van der Waals surface area (Å²) in [6, 6.07) is 20.3. The molecule has 2 aromatic heterocycles. The molecule has 5 heterocycles. The summed E-state index contributed by atoms with van der Waals surface area (Å²) in [5, 5.41) is 0. The van der Waals surface area contributed by atoms with Crippen LogP contribution in [0, 0.1) is 19.8 Å². The Labute approximate surface area is 461 Å². The van der Waals surface area contributed by atoms with Crippen LogP contribution in [0.25, 0.3) is 0 Å². The van der Waals surface area contributed by atoms with E-state index in [0.717, 1.165) is 31.5 Å². The molecule has 21 nitrogen and oxygen atoms in total. The Morgan fingerprint density at radius 2 is 1.10 bits per heavy atom. The standard InChI is InChI=1S/C31H44N4O8.C27H37N3O6/c1-6-24-25(17-26(41-24)35-18-21(2)27(36)32-28(35)37)42-30(39)40-16-15-33(19-22-11-8-7-9-12-22)20-23-13-10-14-34(23)29(38)43-31(3,4)5;1-3-22-23(15-24(35-22)30-16-19(2)25(31)28-26(30)32)36-27(33)34-14-13-29(18-21-11-7-8-12-21)17-20-9-5-4-6-10-20/h7-9,11-12,18,23-26H,6,10,13-17,19-20H2,1-5H3,(H,32,36,37);4-6,9-10,16,21-24H,3,7-8,11-15,17-18H2,1-2H3,(H,28,31,32)/t23-,24+,25?,26+;22-,23?,24-/m01/s1. The molecule has 79 heavy (non-hydrogen) atoms. The number of hydrogen-bond donors (Lipinski definition) is 2. The number of nitrogens with one attached hydrogen (secondary N) is 2. The van der Waals surface area contributed by atoms with E-state index in [1.807, 2.05) is 83.1 Å². The van der Waals surface area contributed by atoms with E-state index in [0.29, 0.717) is 69.0 Å². The van der Waals surface area contributed by atoms with Crippen molar-refractivity contribution in [1.82, 2.24) is 33.8 Å². The first-order valence-corrected chi connectivity index (χ1v) is 28.0. The van der Waals surface area contributed by atoms with E-state index in [9.17, 15) is 33.6 Å². The number of aromatic amines is 2. The molecular weight excluding hydrogens is 1020 g/mol. The number of amides is 1. The summed E-state index contributed by atoms with van der Waals surface area (Å²) in [6.45, 7) is 17.8. The van der Waals surface area contributed by atoms with Crippen molar-refractivity contribution >= 4 is 18.4 Å². The normalized spacial score (nSPS) is 22.2. The summed E-state index contributed by atoms with van der Waals surface area (Å²) in [7, 11) is 0. The minimum Gasteiger partial charge on any atom is -0.444 e. The van der Waals surface area contributed by atoms with Gasteiger partial charge in [0.2, 0.25) is 0 Å². The van der Waals surface area contributed by atoms with E-state index in [1.54, 1.807) is 18.7 Å². The molecular formula is C58H81N7O14. The fraction of sp³-hybridized carbons (Fsp3) is 0.603. The molecule has 3 saturated heterocycles. The number of H-pyrrole nitrogens is 2. The van der Waals surface area contributed by atoms with Crippen LogP contribution in [0.4, 0.5) is 14.4 Å². The van der Waals surface area contributed by atoms with Crippen LogP contribution >= 0.6 is 0 Å². The van der Waals surface area contributed by atoms with Gasteiger partial charge in [-0.05, 0) is 90.2 Å². The second kappa shape index (κ2) is 28.5. The molecule has 4 fully saturated rings. The van der Waals surface area contributed by atoms with Crippen molar-refractivity contribution in [2.45, 2.75) is 174 Å². The molecule has 432 valence electrons. The zero-order valence-electron chi connectivity index (χ0n) is 46.9. The summed E-state index contributed by atoms with van der Waals surface area (Å²) in [6.07, 6.45) is 6.45. The molecule has 4 aromatic rings. The van der Waals surface area contributed by atoms with Crippen molar-refractivity contribution < 1.29 is 47.5 Å². The third kappa shape index (κ3) is 17.7. The maximum absolute atomic E-state index is 12.8. The van der Waals surface area contributed by atoms with Gasteiger partial charge in [-0.25, -0.2) is 24.0 Å². The largest absolute Gasteiger partial charge is 0.508 e. The third-order valence-electron chi connectivity index (χ3n) is 14.8. The Hall–Kier alpha value is -6.55. The number of hydrogen-bond acceptors (Lipinski definition) is 16. The van der Waals surface area contributed by atoms with Crippen molar-refractivity contribution in [2.24, 2.45) is 5.92 Å². The topological polar surface area (TPSA) is 235 Å². The van der Waals surface area contributed by atoms with Gasteiger partial charge in [0.25, 0.3) is 11.1 Å². The number of ether oxygens (including phenoxy) is 7. The molecule has 1 saturated carbocycles. The summed E-state index contributed by atoms with van der Waals surface area (Å²) >= 11 is 0. The van der Waals surface area contributed by atoms with Crippen LogP contribution in [-0.4, -0.2) is 134 Å². The van der Waals surface area contributed by atoms with Gasteiger partial charge in [-0.3, -0.25) is 38.5 Å². The maximum Gasteiger partial charge on any atom is 0.508 e. The number of benzene rings is 2. The summed E-state index contributed by atoms with van der Waals surface area (Å²) < 4.78 is 42.4. The predicted octanol–water partition coefficient (Wildman–Crippen LogP) is 7.72. The molecule has 2 unspecified atom stereocenters. The van der Waals surface area contributed by atoms with Gasteiger partial charge >= 0.3 is 29.8 Å². The number of aromatic nitrogens is 4. The molecule has 8 rings (SSSR count). The van der Waals surface area contributed by atoms with E-state index in [-0.39, 0.29) is 37.9 Å². The minimum atomic E-state index is -0.811. The Kier molecular flexibility index (Phi) is 21.7. The van der Waals surface area contributed by atoms with Crippen LogP contribution in [0.15, 0.2) is 92.2 Å². The van der Waals surface area contributed by atoms with Crippen LogP contribution in [0.1, 0.15) is 134 Å². The lowest BCUT2D eigenvalue weighted by Gasteiger charge is -2.32. The summed E-state index contributed by atoms with van der Waals surface area (Å²) in [5.74, 6) is 0.693. The molecule has 1 amide bonds. The van der Waals surface area contributed by atoms with Crippen molar-refractivity contribution in [3.05, 3.63) is 137 Å². The van der Waals surface area contributed by atoms with Crippen LogP contribution < -0.4 is 22.5 Å². The highest BCUT2D eigenvalue weighted by Crippen LogP contribution is 2.33. The van der Waals surface area contributed by atoms with E-state index in [4.69, 9.17) is 33.2 Å². The minimum absolute atomic E-state index is 0.0108. The van der Waals surface area contributed by atoms with Crippen LogP contribution in [-0.2, 0) is 46.2 Å². The van der Waals surface area contributed by atoms with Gasteiger partial charge in [0, 0.05) is 88.2 Å². The first-order valence-electron chi connectivity index (χ1n) is 28.0. The first-order chi connectivity index (χ1) is 37.9. The lowest BCUT2D eigenvalue weighted by Crippen LogP contribution is -2.45. The number of nitrogens with zero attached hydrogens (tertiary/aromatic N) is 5. The fourth-order valence-corrected chi connectivity index (χ4v) is 10.7. The first kappa shape index (κ1) is 60.1. The maximum atomic E-state index is 12.8. The van der Waals surface area contributed by atoms with Crippen LogP contribution in [0.2, 0.25) is 0 Å². The molecule has 2 N–H and O–H groups in total. The van der Waals surface area contributed by atoms with Gasteiger partial charge in [-0.1, -0.05) is 87.4 Å². The van der Waals surface area contributed by atoms with Crippen LogP contribution in [0.3, 0.4) is 0 Å². The summed E-state index contributed by atoms with van der Waals surface area (Å²) in [5.41, 5.74) is 0.573. The van der Waals surface area contributed by atoms with Crippen molar-refractivity contribution in [3.63, 3.8) is 0 Å². The van der Waals surface area contributed by atoms with Crippen molar-refractivity contribution in [3.8, 4) is 0 Å². The molecule has 2 aromatic carbocycles. The number of likely N-dealkylation sites (tertiary alicyclic amines) is 1. The number of carbonyl (C=O) groups is 3. The Morgan fingerprint density at radius 1 is 0.646 bits per heavy atom. The average molecular weight is 1100 g/mol. The Bertz CT molecular complexity index is 2840. The molecule has 7 atom stereocenters. The van der Waals surface area contributed by atoms with Gasteiger partial charge < -0.3 is 38.1 Å². The van der Waals surface area contributed by atoms with E-state index in [1.165, 1.54) is 52.8 Å². The highest BCUT2D eigenvalue weighted by molar-refractivity contribution is 5.69. The number of carbonyl (C=O) groups excluding carboxylic acids is 3. The van der Waals surface area contributed by atoms with Crippen LogP contribution in [0.5, 0.6) is 0 Å². The van der Waals surface area contributed by atoms with Crippen molar-refractivity contribution in [2.75, 3.05) is 45.9 Å². The van der Waals surface area contributed by atoms with Gasteiger partial charge in [0.15, 0.2) is 0 Å². The third-order valence-corrected chi connectivity index (χ3v) is 14.8. The van der Waals surface area contributed by atoms with E-state index >= 15 is 0 Å². The zero-order chi connectivity index (χ0) is 56.6. The Morgan fingerprint density at radius 3 is 1.54 bits per heavy atom. The summed E-state index contributed by atoms with van der Waals surface area (Å²) in [4.78, 5) is 97.0. The van der Waals surface area contributed by atoms with E-state index < -0.39 is 71.2 Å². The molecule has 1 aliphatic carbocycles. The lowest BCUT2D eigenvalue weighted by molar-refractivity contribution is -0.0385. The number of rotatable bonds is 20. The van der Waals surface area contributed by atoms with E-state index in [2.05, 4.69) is 31.9 Å². The number of aryl methyl sites for hydroxylation is 2. The van der Waals surface area contributed by atoms with Crippen molar-refractivity contribution in [1.29, 1.82) is 0 Å². The molecule has 21 heteroatoms. The molecule has 0 radical (unpaired) electrons. The smallest absolute Gasteiger partial charge is 0.444 e. The molecule has 3 aliphatic heterocycles. The SMILES string of the molecule is CC[C@H]1O[C@@H](n2cc(C)c(=O)[nH]c2=O)CC1OC(=O)OCCN(Cc1ccccc1)CC1CCCC1.CC[C@H]1O[C@@H](n2cc(C)c(=O)[nH]c2=O)CC1OC(=O)OCCN(Cc1ccccc1)C[C@@H]1CCCN1C(=O)OC(C)(C)C. The Balaban J connectivity index is 0.000000232. The average Bonchev–Trinajstić information content (AvgIpc) is 4.31. The monoisotopic (exact) mass is 1100 g/mol. The van der Waals surface area contributed by atoms with Gasteiger partial charge in [-0.15, -0.1) is 0 Å². The molecule has 4 aliphatic rings. The van der Waals surface area contributed by atoms with Gasteiger partial charge in [0.1, 0.15) is 43.5 Å². The lowest BCUT2D eigenvalue weighted by atomic mass is 10.1. The van der Waals surface area contributed by atoms with Gasteiger partial charge in [-0.2, -0.15) is 0 Å². The molecule has 0 bridgehead atoms. The second-order valence-electron chi connectivity index (χ2n) is 22.1. The molecule has 0 spiro atoms. The highest BCUT2D eigenvalue weighted by Gasteiger charge is 2.41. The zero-order valence-corrected chi connectivity index (χ0v) is 46.9. The van der Waals surface area contributed by atoms with Gasteiger partial charge in [0.05, 0.1) is 12.2 Å². The predicted molar refractivity (Wildman–Crippen MR) is 294 cm³/mol. The fourth-order valence-electron chi connectivity index (χ4n) is 10.7. The second-order valence-corrected chi connectivity index (χ2v) is 22.1. The highest BCUT2D eigenvalue weighted by atomic mass is 16.7. The quantitative estimate of drug-likeness (QED) is 0.0636.